The summed E-state index contributed by atoms with van der Waals surface area (Å²) in [6.07, 6.45) is 2.84. The van der Waals surface area contributed by atoms with Crippen LogP contribution in [-0.2, 0) is 14.8 Å². The van der Waals surface area contributed by atoms with Gasteiger partial charge in [0.05, 0.1) is 11.4 Å². The first-order chi connectivity index (χ1) is 13.4. The molecule has 0 bridgehead atoms. The number of hydrogen-bond donors (Lipinski definition) is 2. The van der Waals surface area contributed by atoms with Gasteiger partial charge in [0.25, 0.3) is 0 Å². The number of nitrogens with one attached hydrogen (secondary N) is 2. The number of rotatable bonds is 6. The Morgan fingerprint density at radius 1 is 1.11 bits per heavy atom. The Bertz CT molecular complexity index is 957. The van der Waals surface area contributed by atoms with Crippen LogP contribution in [0.4, 0.5) is 11.4 Å². The second-order valence-corrected chi connectivity index (χ2v) is 9.15. The quantitative estimate of drug-likeness (QED) is 0.742. The highest BCUT2D eigenvalue weighted by atomic mass is 35.5. The average Bonchev–Trinajstić information content (AvgIpc) is 2.71. The third-order valence-electron chi connectivity index (χ3n) is 4.78. The van der Waals surface area contributed by atoms with E-state index in [2.05, 4.69) is 10.6 Å². The predicted octanol–water partition coefficient (Wildman–Crippen LogP) is 3.87. The van der Waals surface area contributed by atoms with Gasteiger partial charge in [-0.2, -0.15) is 4.31 Å². The van der Waals surface area contributed by atoms with E-state index in [9.17, 15) is 13.2 Å². The zero-order valence-corrected chi connectivity index (χ0v) is 17.3. The minimum absolute atomic E-state index is 0.0131. The summed E-state index contributed by atoms with van der Waals surface area (Å²) in [4.78, 5) is 12.5. The highest BCUT2D eigenvalue weighted by Gasteiger charge is 2.26. The van der Waals surface area contributed by atoms with Crippen LogP contribution < -0.4 is 10.6 Å². The number of piperidine rings is 1. The molecule has 3 rings (SSSR count). The van der Waals surface area contributed by atoms with E-state index in [1.165, 1.54) is 4.31 Å². The fourth-order valence-corrected chi connectivity index (χ4v) is 4.88. The van der Waals surface area contributed by atoms with Crippen molar-refractivity contribution in [1.29, 1.82) is 0 Å². The first-order valence-electron chi connectivity index (χ1n) is 9.27. The minimum atomic E-state index is -3.50. The maximum atomic E-state index is 12.8. The van der Waals surface area contributed by atoms with Crippen molar-refractivity contribution in [2.75, 3.05) is 30.3 Å². The van der Waals surface area contributed by atoms with Gasteiger partial charge in [-0.3, -0.25) is 4.79 Å². The Labute approximate surface area is 170 Å². The standard InChI is InChI=1S/C20H24ClN3O3S/c1-15-18(21)9-6-10-19(15)23-20(25)14-22-16-7-5-8-17(13-16)28(26,27)24-11-3-2-4-12-24/h5-10,13,22H,2-4,11-12,14H2,1H3,(H,23,25). The molecule has 0 aliphatic carbocycles. The summed E-state index contributed by atoms with van der Waals surface area (Å²) >= 11 is 6.07. The fraction of sp³-hybridized carbons (Fsp3) is 0.350. The van der Waals surface area contributed by atoms with E-state index >= 15 is 0 Å². The fourth-order valence-electron chi connectivity index (χ4n) is 3.14. The third-order valence-corrected chi connectivity index (χ3v) is 7.09. The number of benzene rings is 2. The van der Waals surface area contributed by atoms with E-state index in [1.807, 2.05) is 6.92 Å². The molecule has 6 nitrogen and oxygen atoms in total. The van der Waals surface area contributed by atoms with E-state index in [-0.39, 0.29) is 17.3 Å². The lowest BCUT2D eigenvalue weighted by Crippen LogP contribution is -2.35. The largest absolute Gasteiger partial charge is 0.376 e. The van der Waals surface area contributed by atoms with Crippen LogP contribution in [0.25, 0.3) is 0 Å². The van der Waals surface area contributed by atoms with Gasteiger partial charge in [0.2, 0.25) is 15.9 Å². The minimum Gasteiger partial charge on any atom is -0.376 e. The van der Waals surface area contributed by atoms with Crippen molar-refractivity contribution in [2.24, 2.45) is 0 Å². The number of carbonyl (C=O) groups excluding carboxylic acids is 1. The zero-order valence-electron chi connectivity index (χ0n) is 15.7. The molecule has 0 atom stereocenters. The summed E-state index contributed by atoms with van der Waals surface area (Å²) in [6, 6.07) is 11.9. The Kier molecular flexibility index (Phi) is 6.59. The summed E-state index contributed by atoms with van der Waals surface area (Å²) in [5, 5.41) is 6.38. The Morgan fingerprint density at radius 3 is 2.57 bits per heavy atom. The summed E-state index contributed by atoms with van der Waals surface area (Å²) in [7, 11) is -3.50. The Balaban J connectivity index is 1.64. The van der Waals surface area contributed by atoms with Crippen molar-refractivity contribution in [2.45, 2.75) is 31.1 Å². The van der Waals surface area contributed by atoms with Crippen LogP contribution in [0.1, 0.15) is 24.8 Å². The van der Waals surface area contributed by atoms with E-state index in [0.29, 0.717) is 29.5 Å². The van der Waals surface area contributed by atoms with Gasteiger partial charge in [0.1, 0.15) is 0 Å². The number of carbonyl (C=O) groups is 1. The highest BCUT2D eigenvalue weighted by molar-refractivity contribution is 7.89. The molecule has 1 aliphatic rings. The molecule has 1 fully saturated rings. The second-order valence-electron chi connectivity index (χ2n) is 6.81. The molecular formula is C20H24ClN3O3S. The van der Waals surface area contributed by atoms with Crippen LogP contribution in [0.5, 0.6) is 0 Å². The first-order valence-corrected chi connectivity index (χ1v) is 11.1. The molecule has 2 N–H and O–H groups in total. The summed E-state index contributed by atoms with van der Waals surface area (Å²) < 4.78 is 27.1. The molecule has 0 aromatic heterocycles. The molecule has 2 aromatic rings. The van der Waals surface area contributed by atoms with Crippen molar-refractivity contribution < 1.29 is 13.2 Å². The summed E-state index contributed by atoms with van der Waals surface area (Å²) in [5.74, 6) is -0.241. The van der Waals surface area contributed by atoms with E-state index in [4.69, 9.17) is 11.6 Å². The average molecular weight is 422 g/mol. The number of anilines is 2. The number of amides is 1. The maximum absolute atomic E-state index is 12.8. The van der Waals surface area contributed by atoms with Crippen molar-refractivity contribution in [3.05, 3.63) is 53.1 Å². The van der Waals surface area contributed by atoms with Gasteiger partial charge in [-0.1, -0.05) is 30.2 Å². The van der Waals surface area contributed by atoms with Crippen LogP contribution in [-0.4, -0.2) is 38.3 Å². The van der Waals surface area contributed by atoms with Gasteiger partial charge in [-0.05, 0) is 55.7 Å². The molecule has 1 heterocycles. The molecule has 0 saturated carbocycles. The normalized spacial score (nSPS) is 15.2. The maximum Gasteiger partial charge on any atom is 0.243 e. The van der Waals surface area contributed by atoms with E-state index in [0.717, 1.165) is 24.8 Å². The van der Waals surface area contributed by atoms with Crippen LogP contribution in [0, 0.1) is 6.92 Å². The van der Waals surface area contributed by atoms with Gasteiger partial charge in [-0.25, -0.2) is 8.42 Å². The van der Waals surface area contributed by atoms with Gasteiger partial charge in [0, 0.05) is 29.5 Å². The van der Waals surface area contributed by atoms with Gasteiger partial charge >= 0.3 is 0 Å². The Morgan fingerprint density at radius 2 is 1.82 bits per heavy atom. The first kappa shape index (κ1) is 20.6. The molecule has 28 heavy (non-hydrogen) atoms. The van der Waals surface area contributed by atoms with Crippen LogP contribution in [0.3, 0.4) is 0 Å². The predicted molar refractivity (Wildman–Crippen MR) is 112 cm³/mol. The Hall–Kier alpha value is -2.09. The third kappa shape index (κ3) is 4.84. The van der Waals surface area contributed by atoms with Gasteiger partial charge in [0.15, 0.2) is 0 Å². The monoisotopic (exact) mass is 421 g/mol. The van der Waals surface area contributed by atoms with Crippen molar-refractivity contribution >= 4 is 38.9 Å². The van der Waals surface area contributed by atoms with Crippen molar-refractivity contribution in [1.82, 2.24) is 4.31 Å². The number of nitrogens with zero attached hydrogens (tertiary/aromatic N) is 1. The smallest absolute Gasteiger partial charge is 0.243 e. The van der Waals surface area contributed by atoms with Crippen LogP contribution in [0.15, 0.2) is 47.4 Å². The molecule has 1 amide bonds. The number of halogens is 1. The van der Waals surface area contributed by atoms with Crippen molar-refractivity contribution in [3.8, 4) is 0 Å². The van der Waals surface area contributed by atoms with E-state index < -0.39 is 10.0 Å². The molecular weight excluding hydrogens is 398 g/mol. The second kappa shape index (κ2) is 8.94. The number of sulfonamides is 1. The highest BCUT2D eigenvalue weighted by Crippen LogP contribution is 2.24. The summed E-state index contributed by atoms with van der Waals surface area (Å²) in [5.41, 5.74) is 2.03. The van der Waals surface area contributed by atoms with Crippen LogP contribution in [0.2, 0.25) is 5.02 Å². The molecule has 8 heteroatoms. The molecule has 0 spiro atoms. The number of hydrogen-bond acceptors (Lipinski definition) is 4. The molecule has 2 aromatic carbocycles. The topological polar surface area (TPSA) is 78.5 Å². The lowest BCUT2D eigenvalue weighted by atomic mass is 10.2. The van der Waals surface area contributed by atoms with Gasteiger partial charge < -0.3 is 10.6 Å². The molecule has 0 unspecified atom stereocenters. The molecule has 0 radical (unpaired) electrons. The van der Waals surface area contributed by atoms with E-state index in [1.54, 1.807) is 42.5 Å². The van der Waals surface area contributed by atoms with Gasteiger partial charge in [-0.15, -0.1) is 0 Å². The molecule has 1 saturated heterocycles. The lowest BCUT2D eigenvalue weighted by molar-refractivity contribution is -0.114. The molecule has 150 valence electrons. The van der Waals surface area contributed by atoms with Crippen molar-refractivity contribution in [3.63, 3.8) is 0 Å². The summed E-state index contributed by atoms with van der Waals surface area (Å²) in [6.45, 7) is 2.96. The zero-order chi connectivity index (χ0) is 20.1. The lowest BCUT2D eigenvalue weighted by Gasteiger charge is -2.26. The SMILES string of the molecule is Cc1c(Cl)cccc1NC(=O)CNc1cccc(S(=O)(=O)N2CCCCC2)c1. The molecule has 1 aliphatic heterocycles. The van der Waals surface area contributed by atoms with Crippen LogP contribution >= 0.6 is 11.6 Å².